The van der Waals surface area contributed by atoms with Crippen LogP contribution in [0.4, 0.5) is 52.7 Å². The summed E-state index contributed by atoms with van der Waals surface area (Å²) >= 11 is 1.83. The first-order valence-corrected chi connectivity index (χ1v) is 15.6. The fourth-order valence-electron chi connectivity index (χ4n) is 5.02. The van der Waals surface area contributed by atoms with Gasteiger partial charge in [0.25, 0.3) is 11.6 Å². The van der Waals surface area contributed by atoms with Crippen molar-refractivity contribution in [3.63, 3.8) is 0 Å². The summed E-state index contributed by atoms with van der Waals surface area (Å²) in [5.74, 6) is -20.7. The van der Waals surface area contributed by atoms with Crippen LogP contribution in [0.25, 0.3) is 40.4 Å². The van der Waals surface area contributed by atoms with Gasteiger partial charge in [0.2, 0.25) is 0 Å². The van der Waals surface area contributed by atoms with Crippen molar-refractivity contribution in [2.24, 2.45) is 0 Å². The number of hydrogen-bond acceptors (Lipinski definition) is 5. The third-order valence-electron chi connectivity index (χ3n) is 7.36. The van der Waals surface area contributed by atoms with E-state index in [1.165, 1.54) is 24.3 Å². The summed E-state index contributed by atoms with van der Waals surface area (Å²) in [6, 6.07) is 13.2. The fraction of sp³-hybridized carbons (Fsp3) is 0.161. The van der Waals surface area contributed by atoms with Crippen LogP contribution in [0.15, 0.2) is 72.8 Å². The maximum absolute atomic E-state index is 15.2. The van der Waals surface area contributed by atoms with Gasteiger partial charge in [0.05, 0.1) is 20.9 Å². The zero-order chi connectivity index (χ0) is 35.2. The number of thiophene rings is 3. The lowest BCUT2D eigenvalue weighted by atomic mass is 10.1. The smallest absolute Gasteiger partial charge is 0.284 e. The van der Waals surface area contributed by atoms with Gasteiger partial charge in [-0.1, -0.05) is 48.5 Å². The molecule has 250 valence electrons. The normalized spacial score (nSPS) is 16.6. The van der Waals surface area contributed by atoms with Gasteiger partial charge < -0.3 is 0 Å². The first kappa shape index (κ1) is 33.9. The monoisotopic (exact) mass is 740 g/mol. The van der Waals surface area contributed by atoms with Crippen LogP contribution in [0, 0.1) is 0 Å². The molecule has 0 spiro atoms. The molecular weight excluding hydrogens is 729 g/mol. The minimum atomic E-state index is -5.82. The van der Waals surface area contributed by atoms with Crippen LogP contribution < -0.4 is 0 Å². The van der Waals surface area contributed by atoms with Gasteiger partial charge in [0.1, 0.15) is 0 Å². The largest absolute Gasteiger partial charge is 0.454 e. The number of halogens is 12. The highest BCUT2D eigenvalue weighted by atomic mass is 32.1. The van der Waals surface area contributed by atoms with E-state index in [2.05, 4.69) is 0 Å². The Morgan fingerprint density at radius 2 is 0.771 bits per heavy atom. The Morgan fingerprint density at radius 3 is 1.08 bits per heavy atom. The van der Waals surface area contributed by atoms with Gasteiger partial charge in [-0.25, -0.2) is 0 Å². The van der Waals surface area contributed by atoms with Crippen molar-refractivity contribution in [3.05, 3.63) is 95.1 Å². The van der Waals surface area contributed by atoms with Crippen LogP contribution in [-0.4, -0.2) is 29.8 Å². The van der Waals surface area contributed by atoms with E-state index in [4.69, 9.17) is 0 Å². The maximum Gasteiger partial charge on any atom is 0.454 e. The third kappa shape index (κ3) is 5.26. The molecule has 17 heteroatoms. The molecule has 0 unspecified atom stereocenters. The molecule has 3 aromatic heterocycles. The molecule has 48 heavy (non-hydrogen) atoms. The Balaban J connectivity index is 1.41. The second-order valence-corrected chi connectivity index (χ2v) is 13.6. The van der Waals surface area contributed by atoms with E-state index in [9.17, 15) is 44.7 Å². The Hall–Kier alpha value is -3.96. The number of Topliss-reactive ketones (excluding diaryl/α,β-unsaturated/α-hetero) is 2. The van der Waals surface area contributed by atoms with Crippen molar-refractivity contribution in [2.75, 3.05) is 0 Å². The quantitative estimate of drug-likeness (QED) is 0.128. The van der Waals surface area contributed by atoms with Crippen LogP contribution in [0.1, 0.15) is 31.8 Å². The zero-order valence-corrected chi connectivity index (χ0v) is 25.5. The molecule has 6 rings (SSSR count). The van der Waals surface area contributed by atoms with Crippen LogP contribution in [0.5, 0.6) is 0 Å². The lowest BCUT2D eigenvalue weighted by Gasteiger charge is -2.24. The molecular formula is C31H12F12O2S3. The average Bonchev–Trinajstić information content (AvgIpc) is 3.79. The number of ketones is 2. The number of carbonyl (C=O) groups is 2. The van der Waals surface area contributed by atoms with Crippen LogP contribution in [0.3, 0.4) is 0 Å². The van der Waals surface area contributed by atoms with Crippen molar-refractivity contribution in [3.8, 4) is 40.4 Å². The van der Waals surface area contributed by atoms with E-state index in [0.29, 0.717) is 11.3 Å². The molecule has 5 aromatic rings. The van der Waals surface area contributed by atoms with Crippen molar-refractivity contribution < 1.29 is 62.3 Å². The predicted octanol–water partition coefficient (Wildman–Crippen LogP) is 11.9. The molecule has 0 aliphatic heterocycles. The summed E-state index contributed by atoms with van der Waals surface area (Å²) in [5, 5.41) is 0. The number of hydrogen-bond donors (Lipinski definition) is 0. The second kappa shape index (κ2) is 11.0. The number of carbonyl (C=O) groups excluding carboxylic acids is 2. The van der Waals surface area contributed by atoms with Gasteiger partial charge in [-0.15, -0.1) is 34.0 Å². The van der Waals surface area contributed by atoms with Gasteiger partial charge in [-0.2, -0.15) is 52.7 Å². The molecule has 0 radical (unpaired) electrons. The molecule has 1 aliphatic carbocycles. The Bertz CT molecular complexity index is 1920. The molecule has 0 fully saturated rings. The average molecular weight is 741 g/mol. The lowest BCUT2D eigenvalue weighted by molar-refractivity contribution is -0.302. The van der Waals surface area contributed by atoms with Crippen LogP contribution >= 0.6 is 34.0 Å². The molecule has 1 aliphatic rings. The molecule has 3 heterocycles. The molecule has 2 nitrogen and oxygen atoms in total. The molecule has 0 saturated heterocycles. The SMILES string of the molecule is O=C(c1ccc(-c2ccc(-c3sc(-c4ccc(-c5ccc(C(=O)C(F)(F)F)cc5)s4)c4c3C(F)(F)C(F)(F)C4(F)F)s2)cc1)C(F)(F)F. The summed E-state index contributed by atoms with van der Waals surface area (Å²) in [6.07, 6.45) is -10.3. The van der Waals surface area contributed by atoms with Crippen molar-refractivity contribution in [1.82, 2.24) is 0 Å². The van der Waals surface area contributed by atoms with E-state index in [0.717, 1.165) is 71.2 Å². The van der Waals surface area contributed by atoms with Gasteiger partial charge in [-0.05, 0) is 35.4 Å². The van der Waals surface area contributed by atoms with E-state index >= 15 is 17.6 Å². The van der Waals surface area contributed by atoms with Crippen LogP contribution in [-0.2, 0) is 11.8 Å². The van der Waals surface area contributed by atoms with E-state index in [-0.39, 0.29) is 30.6 Å². The standard InChI is InChI=1S/C31H12F12O2S3/c32-27(33)21-22(28(34,35)31(27,42)43)24(20-12-10-18(47-20)14-3-7-16(8-4-14)26(45)30(39,40)41)48-23(21)19-11-9-17(46-19)13-1-5-15(6-2-13)25(44)29(36,37)38/h1-12H. The van der Waals surface area contributed by atoms with Crippen molar-refractivity contribution >= 4 is 45.6 Å². The number of rotatable bonds is 6. The molecule has 0 bridgehead atoms. The van der Waals surface area contributed by atoms with Gasteiger partial charge in [-0.3, -0.25) is 9.59 Å². The third-order valence-corrected chi connectivity index (χ3v) is 11.2. The van der Waals surface area contributed by atoms with Gasteiger partial charge in [0, 0.05) is 30.6 Å². The molecule has 0 amide bonds. The second-order valence-electron chi connectivity index (χ2n) is 10.4. The number of benzene rings is 2. The maximum atomic E-state index is 15.2. The summed E-state index contributed by atoms with van der Waals surface area (Å²) in [4.78, 5) is 22.0. The molecule has 0 atom stereocenters. The highest BCUT2D eigenvalue weighted by Gasteiger charge is 2.81. The first-order chi connectivity index (χ1) is 22.2. The Morgan fingerprint density at radius 1 is 0.458 bits per heavy atom. The van der Waals surface area contributed by atoms with Crippen LogP contribution in [0.2, 0.25) is 0 Å². The van der Waals surface area contributed by atoms with E-state index in [1.807, 2.05) is 0 Å². The first-order valence-electron chi connectivity index (χ1n) is 13.1. The topological polar surface area (TPSA) is 34.1 Å². The highest BCUT2D eigenvalue weighted by Crippen LogP contribution is 2.69. The molecule has 0 saturated carbocycles. The zero-order valence-electron chi connectivity index (χ0n) is 23.0. The Kier molecular flexibility index (Phi) is 7.80. The number of alkyl halides is 12. The fourth-order valence-corrected chi connectivity index (χ4v) is 8.64. The van der Waals surface area contributed by atoms with E-state index in [1.54, 1.807) is 0 Å². The highest BCUT2D eigenvalue weighted by molar-refractivity contribution is 7.28. The summed E-state index contributed by atoms with van der Waals surface area (Å²) in [5.41, 5.74) is -4.05. The van der Waals surface area contributed by atoms with E-state index < -0.39 is 73.7 Å². The minimum absolute atomic E-state index is 0.122. The summed E-state index contributed by atoms with van der Waals surface area (Å²) in [6.45, 7) is 0. The summed E-state index contributed by atoms with van der Waals surface area (Å²) in [7, 11) is 0. The predicted molar refractivity (Wildman–Crippen MR) is 155 cm³/mol. The summed E-state index contributed by atoms with van der Waals surface area (Å²) < 4.78 is 167. The van der Waals surface area contributed by atoms with Crippen molar-refractivity contribution in [2.45, 2.75) is 30.1 Å². The minimum Gasteiger partial charge on any atom is -0.284 e. The van der Waals surface area contributed by atoms with Gasteiger partial charge in [0.15, 0.2) is 0 Å². The lowest BCUT2D eigenvalue weighted by Crippen LogP contribution is -2.43. The molecule has 2 aromatic carbocycles. The Labute approximate surface area is 272 Å². The van der Waals surface area contributed by atoms with Gasteiger partial charge >= 0.3 is 30.1 Å². The number of fused-ring (bicyclic) bond motifs is 1. The van der Waals surface area contributed by atoms with Crippen molar-refractivity contribution in [1.29, 1.82) is 0 Å². The molecule has 0 N–H and O–H groups in total.